The molecule has 0 spiro atoms. The molecule has 156 valence electrons. The number of aromatic hydroxyl groups is 1. The molecule has 4 saturated carbocycles. The zero-order chi connectivity index (χ0) is 20.9. The van der Waals surface area contributed by atoms with Gasteiger partial charge in [-0.3, -0.25) is 0 Å². The van der Waals surface area contributed by atoms with E-state index in [2.05, 4.69) is 4.99 Å². The standard InChI is InChI=1S/C25H27NO4/c1-30-23-20(25-11-16-7-17(12-25)9-18(8-16)13-25)10-19(24(28)29)22(27)21(23)26-14-15-5-3-2-4-6-15/h2-6,10,14,16-18,27H,7-9,11-13H2,1H3,(H,28,29). The van der Waals surface area contributed by atoms with E-state index in [1.807, 2.05) is 30.3 Å². The van der Waals surface area contributed by atoms with Crippen LogP contribution in [-0.4, -0.2) is 29.5 Å². The van der Waals surface area contributed by atoms with E-state index in [4.69, 9.17) is 4.74 Å². The van der Waals surface area contributed by atoms with E-state index in [-0.39, 0.29) is 22.4 Å². The van der Waals surface area contributed by atoms with Gasteiger partial charge < -0.3 is 14.9 Å². The lowest BCUT2D eigenvalue weighted by molar-refractivity contribution is -0.00617. The molecule has 0 heterocycles. The van der Waals surface area contributed by atoms with Crippen LogP contribution in [0.3, 0.4) is 0 Å². The molecule has 0 aliphatic heterocycles. The molecule has 0 unspecified atom stereocenters. The van der Waals surface area contributed by atoms with Gasteiger partial charge in [0, 0.05) is 11.8 Å². The molecule has 4 bridgehead atoms. The highest BCUT2D eigenvalue weighted by atomic mass is 16.5. The van der Waals surface area contributed by atoms with Crippen LogP contribution < -0.4 is 4.74 Å². The Kier molecular flexibility index (Phi) is 4.57. The lowest BCUT2D eigenvalue weighted by Crippen LogP contribution is -2.48. The third-order valence-corrected chi connectivity index (χ3v) is 7.41. The van der Waals surface area contributed by atoms with Gasteiger partial charge in [-0.05, 0) is 73.3 Å². The van der Waals surface area contributed by atoms with E-state index in [1.54, 1.807) is 19.4 Å². The van der Waals surface area contributed by atoms with Crippen molar-refractivity contribution in [3.05, 3.63) is 53.1 Å². The largest absolute Gasteiger partial charge is 0.505 e. The van der Waals surface area contributed by atoms with Crippen molar-refractivity contribution in [2.45, 2.75) is 43.9 Å². The van der Waals surface area contributed by atoms with Crippen molar-refractivity contribution in [1.82, 2.24) is 0 Å². The SMILES string of the molecule is COc1c(C23CC4CC(CC(C4)C2)C3)cc(C(=O)O)c(O)c1N=Cc1ccccc1. The van der Waals surface area contributed by atoms with Crippen LogP contribution in [0.2, 0.25) is 0 Å². The summed E-state index contributed by atoms with van der Waals surface area (Å²) in [6.45, 7) is 0. The molecule has 0 radical (unpaired) electrons. The van der Waals surface area contributed by atoms with Gasteiger partial charge in [0.25, 0.3) is 0 Å². The summed E-state index contributed by atoms with van der Waals surface area (Å²) in [6.07, 6.45) is 8.75. The minimum absolute atomic E-state index is 0.0744. The number of methoxy groups -OCH3 is 1. The fraction of sp³-hybridized carbons (Fsp3) is 0.440. The van der Waals surface area contributed by atoms with Gasteiger partial charge in [0.15, 0.2) is 11.5 Å². The van der Waals surface area contributed by atoms with E-state index in [1.165, 1.54) is 19.3 Å². The van der Waals surface area contributed by atoms with Crippen LogP contribution >= 0.6 is 0 Å². The van der Waals surface area contributed by atoms with Gasteiger partial charge in [0.05, 0.1) is 7.11 Å². The fourth-order valence-corrected chi connectivity index (χ4v) is 6.64. The number of nitrogens with zero attached hydrogens (tertiary/aromatic N) is 1. The topological polar surface area (TPSA) is 79.1 Å². The van der Waals surface area contributed by atoms with Crippen LogP contribution in [0.25, 0.3) is 0 Å². The Morgan fingerprint density at radius 3 is 2.23 bits per heavy atom. The quantitative estimate of drug-likeness (QED) is 0.660. The Bertz CT molecular complexity index is 976. The summed E-state index contributed by atoms with van der Waals surface area (Å²) < 4.78 is 5.80. The number of ether oxygens (including phenoxy) is 1. The van der Waals surface area contributed by atoms with Crippen LogP contribution in [0.1, 0.15) is 60.0 Å². The zero-order valence-electron chi connectivity index (χ0n) is 17.2. The van der Waals surface area contributed by atoms with E-state index in [0.29, 0.717) is 23.5 Å². The number of benzene rings is 2. The number of rotatable bonds is 5. The van der Waals surface area contributed by atoms with Crippen LogP contribution in [0.4, 0.5) is 5.69 Å². The fourth-order valence-electron chi connectivity index (χ4n) is 6.64. The van der Waals surface area contributed by atoms with Gasteiger partial charge in [0.2, 0.25) is 0 Å². The van der Waals surface area contributed by atoms with Crippen molar-refractivity contribution in [1.29, 1.82) is 0 Å². The maximum atomic E-state index is 12.0. The number of aromatic carboxylic acids is 1. The third kappa shape index (κ3) is 3.08. The molecule has 4 aliphatic carbocycles. The monoisotopic (exact) mass is 405 g/mol. The molecular formula is C25H27NO4. The molecule has 0 amide bonds. The lowest BCUT2D eigenvalue weighted by atomic mass is 9.48. The van der Waals surface area contributed by atoms with E-state index >= 15 is 0 Å². The maximum absolute atomic E-state index is 12.0. The molecule has 5 heteroatoms. The van der Waals surface area contributed by atoms with E-state index in [0.717, 1.165) is 30.4 Å². The van der Waals surface area contributed by atoms with Gasteiger partial charge in [-0.1, -0.05) is 30.3 Å². The molecule has 5 nitrogen and oxygen atoms in total. The summed E-state index contributed by atoms with van der Waals surface area (Å²) in [7, 11) is 1.58. The molecule has 0 atom stereocenters. The van der Waals surface area contributed by atoms with Crippen molar-refractivity contribution < 1.29 is 19.7 Å². The summed E-state index contributed by atoms with van der Waals surface area (Å²) in [5.41, 5.74) is 1.83. The van der Waals surface area contributed by atoms with Crippen LogP contribution in [0.15, 0.2) is 41.4 Å². The van der Waals surface area contributed by atoms with Crippen LogP contribution in [0.5, 0.6) is 11.5 Å². The summed E-state index contributed by atoms with van der Waals surface area (Å²) >= 11 is 0. The highest BCUT2D eigenvalue weighted by molar-refractivity contribution is 5.96. The minimum Gasteiger partial charge on any atom is -0.505 e. The average Bonchev–Trinajstić information content (AvgIpc) is 2.71. The van der Waals surface area contributed by atoms with Gasteiger partial charge in [-0.2, -0.15) is 0 Å². The summed E-state index contributed by atoms with van der Waals surface area (Å²) in [5, 5.41) is 20.6. The average molecular weight is 405 g/mol. The van der Waals surface area contributed by atoms with Crippen molar-refractivity contribution in [3.8, 4) is 11.5 Å². The van der Waals surface area contributed by atoms with Crippen molar-refractivity contribution >= 4 is 17.9 Å². The molecule has 0 aromatic heterocycles. The molecule has 0 saturated heterocycles. The van der Waals surface area contributed by atoms with Gasteiger partial charge in [-0.15, -0.1) is 0 Å². The molecule has 2 aromatic carbocycles. The number of carboxylic acids is 1. The summed E-state index contributed by atoms with van der Waals surface area (Å²) in [4.78, 5) is 16.5. The molecule has 4 fully saturated rings. The van der Waals surface area contributed by atoms with E-state index < -0.39 is 5.97 Å². The summed E-state index contributed by atoms with van der Waals surface area (Å²) in [5.74, 6) is 1.17. The second kappa shape index (κ2) is 7.15. The van der Waals surface area contributed by atoms with E-state index in [9.17, 15) is 15.0 Å². The lowest BCUT2D eigenvalue weighted by Gasteiger charge is -2.57. The number of hydrogen-bond donors (Lipinski definition) is 2. The van der Waals surface area contributed by atoms with Crippen molar-refractivity contribution in [3.63, 3.8) is 0 Å². The minimum atomic E-state index is -1.14. The second-order valence-corrected chi connectivity index (χ2v) is 9.37. The number of carboxylic acid groups (broad SMARTS) is 1. The number of carbonyl (C=O) groups is 1. The Hall–Kier alpha value is -2.82. The molecule has 2 aromatic rings. The first kappa shape index (κ1) is 19.2. The summed E-state index contributed by atoms with van der Waals surface area (Å²) in [6, 6.07) is 11.2. The Labute approximate surface area is 176 Å². The highest BCUT2D eigenvalue weighted by Crippen LogP contribution is 2.63. The number of hydrogen-bond acceptors (Lipinski definition) is 4. The predicted molar refractivity (Wildman–Crippen MR) is 115 cm³/mol. The number of phenols is 1. The normalized spacial score (nSPS) is 29.4. The van der Waals surface area contributed by atoms with Crippen molar-refractivity contribution in [2.75, 3.05) is 7.11 Å². The molecule has 30 heavy (non-hydrogen) atoms. The van der Waals surface area contributed by atoms with Crippen molar-refractivity contribution in [2.24, 2.45) is 22.7 Å². The first-order valence-corrected chi connectivity index (χ1v) is 10.8. The molecule has 4 aliphatic rings. The second-order valence-electron chi connectivity index (χ2n) is 9.37. The highest BCUT2D eigenvalue weighted by Gasteiger charge is 2.53. The first-order chi connectivity index (χ1) is 14.5. The Morgan fingerprint density at radius 2 is 1.70 bits per heavy atom. The Balaban J connectivity index is 1.67. The van der Waals surface area contributed by atoms with Gasteiger partial charge >= 0.3 is 5.97 Å². The predicted octanol–water partition coefficient (Wildman–Crippen LogP) is 5.32. The first-order valence-electron chi connectivity index (χ1n) is 10.8. The zero-order valence-corrected chi connectivity index (χ0v) is 17.2. The van der Waals surface area contributed by atoms with Gasteiger partial charge in [-0.25, -0.2) is 9.79 Å². The van der Waals surface area contributed by atoms with Crippen LogP contribution in [-0.2, 0) is 5.41 Å². The number of aliphatic imine (C=N–C) groups is 1. The third-order valence-electron chi connectivity index (χ3n) is 7.41. The smallest absolute Gasteiger partial charge is 0.339 e. The van der Waals surface area contributed by atoms with Gasteiger partial charge in [0.1, 0.15) is 11.3 Å². The molecule has 2 N–H and O–H groups in total. The Morgan fingerprint density at radius 1 is 1.10 bits per heavy atom. The molecule has 6 rings (SSSR count). The maximum Gasteiger partial charge on any atom is 0.339 e. The molecular weight excluding hydrogens is 378 g/mol. The van der Waals surface area contributed by atoms with Crippen LogP contribution in [0, 0.1) is 17.8 Å².